The molecule has 0 aliphatic heterocycles. The Morgan fingerprint density at radius 1 is 1.47 bits per heavy atom. The minimum Gasteiger partial charge on any atom is -0.427 e. The van der Waals surface area contributed by atoms with E-state index < -0.39 is 18.4 Å². The highest BCUT2D eigenvalue weighted by molar-refractivity contribution is 5.69. The first-order valence-corrected chi connectivity index (χ1v) is 4.33. The molecule has 2 N–H and O–H groups in total. The highest BCUT2D eigenvalue weighted by Crippen LogP contribution is 2.22. The lowest BCUT2D eigenvalue weighted by atomic mass is 10.1. The standard InChI is InChI=1S/C10H11F2NO2/c1-6(14)15-8-4-2-3-7(5-8)9(13)10(11)12/h2-5,9-10H,13H2,1H3/t9-/m1/s1. The summed E-state index contributed by atoms with van der Waals surface area (Å²) in [6.45, 7) is 1.24. The summed E-state index contributed by atoms with van der Waals surface area (Å²) in [6, 6.07) is 4.45. The topological polar surface area (TPSA) is 52.3 Å². The zero-order chi connectivity index (χ0) is 11.4. The Labute approximate surface area is 85.8 Å². The molecule has 0 saturated carbocycles. The summed E-state index contributed by atoms with van der Waals surface area (Å²) < 4.78 is 29.3. The van der Waals surface area contributed by atoms with Crippen molar-refractivity contribution in [1.82, 2.24) is 0 Å². The van der Waals surface area contributed by atoms with Crippen LogP contribution in [0.2, 0.25) is 0 Å². The maximum Gasteiger partial charge on any atom is 0.308 e. The summed E-state index contributed by atoms with van der Waals surface area (Å²) in [4.78, 5) is 10.6. The van der Waals surface area contributed by atoms with Crippen molar-refractivity contribution in [1.29, 1.82) is 0 Å². The number of carbonyl (C=O) groups excluding carboxylic acids is 1. The maximum absolute atomic E-state index is 12.3. The normalized spacial score (nSPS) is 12.6. The number of benzene rings is 1. The highest BCUT2D eigenvalue weighted by Gasteiger charge is 2.17. The molecule has 5 heteroatoms. The van der Waals surface area contributed by atoms with Crippen molar-refractivity contribution in [3.63, 3.8) is 0 Å². The smallest absolute Gasteiger partial charge is 0.308 e. The minimum absolute atomic E-state index is 0.219. The molecule has 1 atom stereocenters. The van der Waals surface area contributed by atoms with Gasteiger partial charge in [-0.25, -0.2) is 8.78 Å². The maximum atomic E-state index is 12.3. The molecule has 0 unspecified atom stereocenters. The Kier molecular flexibility index (Phi) is 3.74. The van der Waals surface area contributed by atoms with Gasteiger partial charge in [0.15, 0.2) is 0 Å². The summed E-state index contributed by atoms with van der Waals surface area (Å²) in [5.74, 6) is -0.283. The summed E-state index contributed by atoms with van der Waals surface area (Å²) in [5, 5.41) is 0. The molecular formula is C10H11F2NO2. The number of rotatable bonds is 3. The first kappa shape index (κ1) is 11.6. The van der Waals surface area contributed by atoms with Crippen LogP contribution in [0.1, 0.15) is 18.5 Å². The molecule has 0 bridgehead atoms. The van der Waals surface area contributed by atoms with Crippen LogP contribution < -0.4 is 10.5 Å². The lowest BCUT2D eigenvalue weighted by Gasteiger charge is -2.11. The van der Waals surface area contributed by atoms with Crippen molar-refractivity contribution in [2.75, 3.05) is 0 Å². The fraction of sp³-hybridized carbons (Fsp3) is 0.300. The van der Waals surface area contributed by atoms with Crippen molar-refractivity contribution in [2.24, 2.45) is 5.73 Å². The Morgan fingerprint density at radius 3 is 2.67 bits per heavy atom. The van der Waals surface area contributed by atoms with Crippen molar-refractivity contribution >= 4 is 5.97 Å². The highest BCUT2D eigenvalue weighted by atomic mass is 19.3. The van der Waals surface area contributed by atoms with Crippen LogP contribution in [-0.2, 0) is 4.79 Å². The fourth-order valence-corrected chi connectivity index (χ4v) is 1.10. The Balaban J connectivity index is 2.87. The lowest BCUT2D eigenvalue weighted by Crippen LogP contribution is -2.18. The molecule has 0 radical (unpaired) electrons. The molecule has 0 heterocycles. The molecule has 0 aliphatic rings. The second kappa shape index (κ2) is 4.84. The van der Waals surface area contributed by atoms with Crippen LogP contribution in [0.3, 0.4) is 0 Å². The average Bonchev–Trinajstić information content (AvgIpc) is 2.16. The van der Waals surface area contributed by atoms with E-state index in [1.807, 2.05) is 0 Å². The van der Waals surface area contributed by atoms with Crippen LogP contribution in [0, 0.1) is 0 Å². The molecule has 15 heavy (non-hydrogen) atoms. The average molecular weight is 215 g/mol. The van der Waals surface area contributed by atoms with E-state index in [2.05, 4.69) is 0 Å². The van der Waals surface area contributed by atoms with Gasteiger partial charge in [-0.15, -0.1) is 0 Å². The number of ether oxygens (including phenoxy) is 1. The van der Waals surface area contributed by atoms with Gasteiger partial charge < -0.3 is 10.5 Å². The zero-order valence-electron chi connectivity index (χ0n) is 8.11. The first-order chi connectivity index (χ1) is 7.00. The lowest BCUT2D eigenvalue weighted by molar-refractivity contribution is -0.131. The Morgan fingerprint density at radius 2 is 2.13 bits per heavy atom. The SMILES string of the molecule is CC(=O)Oc1cccc([C@@H](N)C(F)F)c1. The van der Waals surface area contributed by atoms with Gasteiger partial charge in [0.2, 0.25) is 0 Å². The van der Waals surface area contributed by atoms with E-state index in [9.17, 15) is 13.6 Å². The van der Waals surface area contributed by atoms with Gasteiger partial charge in [-0.2, -0.15) is 0 Å². The third-order valence-corrected chi connectivity index (χ3v) is 1.78. The largest absolute Gasteiger partial charge is 0.427 e. The number of esters is 1. The number of nitrogens with two attached hydrogens (primary N) is 1. The van der Waals surface area contributed by atoms with E-state index in [1.54, 1.807) is 0 Å². The van der Waals surface area contributed by atoms with Gasteiger partial charge in [-0.05, 0) is 17.7 Å². The minimum atomic E-state index is -2.64. The van der Waals surface area contributed by atoms with Crippen LogP contribution in [0.15, 0.2) is 24.3 Å². The van der Waals surface area contributed by atoms with Gasteiger partial charge in [0.05, 0.1) is 6.04 Å². The molecular weight excluding hydrogens is 204 g/mol. The number of hydrogen-bond acceptors (Lipinski definition) is 3. The summed E-state index contributed by atoms with van der Waals surface area (Å²) in [6.07, 6.45) is -2.64. The van der Waals surface area contributed by atoms with Crippen LogP contribution in [0.5, 0.6) is 5.75 Å². The zero-order valence-corrected chi connectivity index (χ0v) is 8.11. The Bertz CT molecular complexity index is 355. The molecule has 0 amide bonds. The molecule has 1 aromatic carbocycles. The van der Waals surface area contributed by atoms with E-state index >= 15 is 0 Å². The number of hydrogen-bond donors (Lipinski definition) is 1. The predicted octanol–water partition coefficient (Wildman–Crippen LogP) is 1.88. The molecule has 1 aromatic rings. The third kappa shape index (κ3) is 3.28. The Hall–Kier alpha value is -1.49. The molecule has 0 aromatic heterocycles. The third-order valence-electron chi connectivity index (χ3n) is 1.78. The fourth-order valence-electron chi connectivity index (χ4n) is 1.10. The predicted molar refractivity (Wildman–Crippen MR) is 50.7 cm³/mol. The second-order valence-corrected chi connectivity index (χ2v) is 3.03. The molecule has 3 nitrogen and oxygen atoms in total. The van der Waals surface area contributed by atoms with Gasteiger partial charge in [0.25, 0.3) is 6.43 Å². The van der Waals surface area contributed by atoms with Crippen molar-refractivity contribution in [3.8, 4) is 5.75 Å². The van der Waals surface area contributed by atoms with E-state index in [1.165, 1.54) is 31.2 Å². The molecule has 0 fully saturated rings. The molecule has 0 spiro atoms. The summed E-state index contributed by atoms with van der Waals surface area (Å²) in [7, 11) is 0. The number of halogens is 2. The number of carbonyl (C=O) groups is 1. The summed E-state index contributed by atoms with van der Waals surface area (Å²) >= 11 is 0. The van der Waals surface area contributed by atoms with E-state index in [4.69, 9.17) is 10.5 Å². The number of alkyl halides is 2. The van der Waals surface area contributed by atoms with Crippen LogP contribution in [0.4, 0.5) is 8.78 Å². The van der Waals surface area contributed by atoms with Gasteiger partial charge in [0, 0.05) is 6.92 Å². The van der Waals surface area contributed by atoms with Crippen LogP contribution in [0.25, 0.3) is 0 Å². The first-order valence-electron chi connectivity index (χ1n) is 4.33. The van der Waals surface area contributed by atoms with Crippen molar-refractivity contribution < 1.29 is 18.3 Å². The van der Waals surface area contributed by atoms with E-state index in [0.29, 0.717) is 0 Å². The van der Waals surface area contributed by atoms with Gasteiger partial charge in [-0.3, -0.25) is 4.79 Å². The second-order valence-electron chi connectivity index (χ2n) is 3.03. The molecule has 1 rings (SSSR count). The van der Waals surface area contributed by atoms with Gasteiger partial charge >= 0.3 is 5.97 Å². The summed E-state index contributed by atoms with van der Waals surface area (Å²) in [5.41, 5.74) is 5.49. The molecule has 82 valence electrons. The van der Waals surface area contributed by atoms with Crippen molar-refractivity contribution in [3.05, 3.63) is 29.8 Å². The van der Waals surface area contributed by atoms with Crippen LogP contribution in [-0.4, -0.2) is 12.4 Å². The molecule has 0 aliphatic carbocycles. The van der Waals surface area contributed by atoms with E-state index in [-0.39, 0.29) is 11.3 Å². The van der Waals surface area contributed by atoms with Gasteiger partial charge in [-0.1, -0.05) is 12.1 Å². The van der Waals surface area contributed by atoms with E-state index in [0.717, 1.165) is 0 Å². The van der Waals surface area contributed by atoms with Crippen molar-refractivity contribution in [2.45, 2.75) is 19.4 Å². The monoisotopic (exact) mass is 215 g/mol. The quantitative estimate of drug-likeness (QED) is 0.618. The van der Waals surface area contributed by atoms with Crippen LogP contribution >= 0.6 is 0 Å². The van der Waals surface area contributed by atoms with Gasteiger partial charge in [0.1, 0.15) is 5.75 Å². The molecule has 0 saturated heterocycles.